The molecule has 0 saturated heterocycles. The molecule has 1 unspecified atom stereocenters. The lowest BCUT2D eigenvalue weighted by atomic mass is 9.94. The molecule has 4 heteroatoms. The SMILES string of the molecule is CCn1nc(C=O)c2c1CCCC2F. The van der Waals surface area contributed by atoms with Gasteiger partial charge in [0, 0.05) is 17.8 Å². The highest BCUT2D eigenvalue weighted by molar-refractivity contribution is 5.75. The highest BCUT2D eigenvalue weighted by Crippen LogP contribution is 2.34. The molecule has 0 saturated carbocycles. The van der Waals surface area contributed by atoms with Crippen molar-refractivity contribution in [1.82, 2.24) is 9.78 Å². The number of nitrogens with zero attached hydrogens (tertiary/aromatic N) is 2. The molecule has 0 amide bonds. The largest absolute Gasteiger partial charge is 0.296 e. The van der Waals surface area contributed by atoms with Crippen LogP contribution in [0.2, 0.25) is 0 Å². The summed E-state index contributed by atoms with van der Waals surface area (Å²) in [7, 11) is 0. The smallest absolute Gasteiger partial charge is 0.170 e. The summed E-state index contributed by atoms with van der Waals surface area (Å²) >= 11 is 0. The molecule has 1 heterocycles. The van der Waals surface area contributed by atoms with Crippen LogP contribution in [-0.4, -0.2) is 16.1 Å². The molecule has 0 spiro atoms. The predicted molar refractivity (Wildman–Crippen MR) is 50.1 cm³/mol. The fourth-order valence-electron chi connectivity index (χ4n) is 2.08. The van der Waals surface area contributed by atoms with Crippen molar-refractivity contribution in [2.24, 2.45) is 0 Å². The van der Waals surface area contributed by atoms with Gasteiger partial charge in [-0.05, 0) is 26.2 Å². The Labute approximate surface area is 81.9 Å². The summed E-state index contributed by atoms with van der Waals surface area (Å²) < 4.78 is 15.3. The summed E-state index contributed by atoms with van der Waals surface area (Å²) in [6.07, 6.45) is 1.86. The third-order valence-electron chi connectivity index (χ3n) is 2.72. The van der Waals surface area contributed by atoms with Crippen molar-refractivity contribution in [1.29, 1.82) is 0 Å². The number of aryl methyl sites for hydroxylation is 1. The van der Waals surface area contributed by atoms with Gasteiger partial charge in [0.05, 0.1) is 0 Å². The maximum Gasteiger partial charge on any atom is 0.170 e. The number of halogens is 1. The number of hydrogen-bond donors (Lipinski definition) is 0. The van der Waals surface area contributed by atoms with Crippen LogP contribution in [0.1, 0.15) is 47.7 Å². The van der Waals surface area contributed by atoms with E-state index in [4.69, 9.17) is 0 Å². The van der Waals surface area contributed by atoms with Gasteiger partial charge >= 0.3 is 0 Å². The molecule has 0 bridgehead atoms. The Hall–Kier alpha value is -1.19. The van der Waals surface area contributed by atoms with Crippen LogP contribution >= 0.6 is 0 Å². The Bertz CT molecular complexity index is 359. The number of aldehydes is 1. The maximum absolute atomic E-state index is 13.6. The van der Waals surface area contributed by atoms with E-state index in [0.29, 0.717) is 24.8 Å². The fourth-order valence-corrected chi connectivity index (χ4v) is 2.08. The molecule has 0 aliphatic heterocycles. The van der Waals surface area contributed by atoms with Gasteiger partial charge < -0.3 is 0 Å². The van der Waals surface area contributed by atoms with Crippen molar-refractivity contribution in [3.05, 3.63) is 17.0 Å². The fraction of sp³-hybridized carbons (Fsp3) is 0.600. The van der Waals surface area contributed by atoms with Gasteiger partial charge in [0.15, 0.2) is 6.29 Å². The minimum absolute atomic E-state index is 0.286. The summed E-state index contributed by atoms with van der Waals surface area (Å²) in [4.78, 5) is 10.7. The number of aromatic nitrogens is 2. The van der Waals surface area contributed by atoms with E-state index < -0.39 is 6.17 Å². The van der Waals surface area contributed by atoms with E-state index in [2.05, 4.69) is 5.10 Å². The van der Waals surface area contributed by atoms with Crippen LogP contribution in [-0.2, 0) is 13.0 Å². The second kappa shape index (κ2) is 3.52. The van der Waals surface area contributed by atoms with E-state index >= 15 is 0 Å². The van der Waals surface area contributed by atoms with Gasteiger partial charge in [0.25, 0.3) is 0 Å². The summed E-state index contributed by atoms with van der Waals surface area (Å²) in [5, 5.41) is 4.09. The van der Waals surface area contributed by atoms with Crippen molar-refractivity contribution in [3.63, 3.8) is 0 Å². The Morgan fingerprint density at radius 2 is 2.50 bits per heavy atom. The molecular weight excluding hydrogens is 183 g/mol. The van der Waals surface area contributed by atoms with Gasteiger partial charge in [-0.3, -0.25) is 9.48 Å². The first-order valence-corrected chi connectivity index (χ1v) is 4.96. The van der Waals surface area contributed by atoms with Crippen molar-refractivity contribution >= 4 is 6.29 Å². The van der Waals surface area contributed by atoms with E-state index in [9.17, 15) is 9.18 Å². The minimum Gasteiger partial charge on any atom is -0.296 e. The molecule has 0 aromatic carbocycles. The highest BCUT2D eigenvalue weighted by Gasteiger charge is 2.27. The van der Waals surface area contributed by atoms with Crippen LogP contribution in [0.3, 0.4) is 0 Å². The van der Waals surface area contributed by atoms with Crippen molar-refractivity contribution in [2.45, 2.75) is 38.9 Å². The molecule has 76 valence electrons. The average molecular weight is 196 g/mol. The van der Waals surface area contributed by atoms with Crippen LogP contribution in [0.5, 0.6) is 0 Å². The lowest BCUT2D eigenvalue weighted by Crippen LogP contribution is -2.10. The Balaban J connectivity index is 2.55. The van der Waals surface area contributed by atoms with Crippen LogP contribution in [0.25, 0.3) is 0 Å². The molecule has 2 rings (SSSR count). The van der Waals surface area contributed by atoms with Gasteiger partial charge in [0.1, 0.15) is 11.9 Å². The summed E-state index contributed by atoms with van der Waals surface area (Å²) in [6, 6.07) is 0. The average Bonchev–Trinajstić information content (AvgIpc) is 2.57. The van der Waals surface area contributed by atoms with Gasteiger partial charge in [-0.15, -0.1) is 0 Å². The number of hydrogen-bond acceptors (Lipinski definition) is 2. The summed E-state index contributed by atoms with van der Waals surface area (Å²) in [5.74, 6) is 0. The van der Waals surface area contributed by atoms with Crippen molar-refractivity contribution in [2.75, 3.05) is 0 Å². The lowest BCUT2D eigenvalue weighted by molar-refractivity contribution is 0.111. The van der Waals surface area contributed by atoms with E-state index in [-0.39, 0.29) is 5.69 Å². The van der Waals surface area contributed by atoms with Gasteiger partial charge in [0.2, 0.25) is 0 Å². The molecule has 0 fully saturated rings. The van der Waals surface area contributed by atoms with Crippen LogP contribution in [0, 0.1) is 0 Å². The van der Waals surface area contributed by atoms with Crippen molar-refractivity contribution < 1.29 is 9.18 Å². The van der Waals surface area contributed by atoms with E-state index in [0.717, 1.165) is 18.5 Å². The molecule has 14 heavy (non-hydrogen) atoms. The second-order valence-corrected chi connectivity index (χ2v) is 3.54. The molecule has 1 atom stereocenters. The third kappa shape index (κ3) is 1.25. The van der Waals surface area contributed by atoms with Crippen LogP contribution in [0.15, 0.2) is 0 Å². The molecule has 1 aromatic heterocycles. The number of carbonyl (C=O) groups excluding carboxylic acids is 1. The summed E-state index contributed by atoms with van der Waals surface area (Å²) in [5.41, 5.74) is 1.73. The number of fused-ring (bicyclic) bond motifs is 1. The number of rotatable bonds is 2. The lowest BCUT2D eigenvalue weighted by Gasteiger charge is -2.16. The molecule has 1 aliphatic rings. The monoisotopic (exact) mass is 196 g/mol. The first-order valence-electron chi connectivity index (χ1n) is 4.96. The first kappa shape index (κ1) is 9.37. The van der Waals surface area contributed by atoms with Crippen LogP contribution < -0.4 is 0 Å². The quantitative estimate of drug-likeness (QED) is 0.678. The Morgan fingerprint density at radius 3 is 3.14 bits per heavy atom. The number of alkyl halides is 1. The molecule has 0 radical (unpaired) electrons. The maximum atomic E-state index is 13.6. The van der Waals surface area contributed by atoms with Gasteiger partial charge in [-0.2, -0.15) is 5.10 Å². The van der Waals surface area contributed by atoms with E-state index in [1.807, 2.05) is 6.92 Å². The zero-order valence-corrected chi connectivity index (χ0v) is 8.16. The third-order valence-corrected chi connectivity index (χ3v) is 2.72. The van der Waals surface area contributed by atoms with E-state index in [1.54, 1.807) is 4.68 Å². The Morgan fingerprint density at radius 1 is 1.71 bits per heavy atom. The zero-order chi connectivity index (χ0) is 10.1. The molecule has 1 aromatic rings. The standard InChI is InChI=1S/C10H13FN2O/c1-2-13-9-5-3-4-7(11)10(9)8(6-14)12-13/h6-7H,2-5H2,1H3. The molecule has 1 aliphatic carbocycles. The predicted octanol–water partition coefficient (Wildman–Crippen LogP) is 2.06. The molecule has 3 nitrogen and oxygen atoms in total. The topological polar surface area (TPSA) is 34.9 Å². The zero-order valence-electron chi connectivity index (χ0n) is 8.16. The van der Waals surface area contributed by atoms with E-state index in [1.165, 1.54) is 0 Å². The second-order valence-electron chi connectivity index (χ2n) is 3.54. The molecular formula is C10H13FN2O. The van der Waals surface area contributed by atoms with Crippen LogP contribution in [0.4, 0.5) is 4.39 Å². The number of carbonyl (C=O) groups is 1. The highest BCUT2D eigenvalue weighted by atomic mass is 19.1. The van der Waals surface area contributed by atoms with Gasteiger partial charge in [-0.25, -0.2) is 4.39 Å². The first-order chi connectivity index (χ1) is 6.77. The Kier molecular flexibility index (Phi) is 2.35. The normalized spacial score (nSPS) is 20.6. The van der Waals surface area contributed by atoms with Crippen molar-refractivity contribution in [3.8, 4) is 0 Å². The van der Waals surface area contributed by atoms with Gasteiger partial charge in [-0.1, -0.05) is 0 Å². The minimum atomic E-state index is -1.00. The summed E-state index contributed by atoms with van der Waals surface area (Å²) in [6.45, 7) is 2.65. The molecule has 0 N–H and O–H groups in total.